The summed E-state index contributed by atoms with van der Waals surface area (Å²) in [4.78, 5) is 10.4. The van der Waals surface area contributed by atoms with Crippen LogP contribution >= 0.6 is 0 Å². The molecule has 0 aliphatic carbocycles. The van der Waals surface area contributed by atoms with Crippen LogP contribution < -0.4 is 0 Å². The number of hydrogen-bond acceptors (Lipinski definition) is 5. The second-order valence-electron chi connectivity index (χ2n) is 3.65. The zero-order valence-corrected chi connectivity index (χ0v) is 11.1. The van der Waals surface area contributed by atoms with Crippen LogP contribution in [0.1, 0.15) is 27.2 Å². The molecule has 0 spiro atoms. The minimum atomic E-state index is -0.285. The van der Waals surface area contributed by atoms with E-state index in [0.29, 0.717) is 45.7 Å². The van der Waals surface area contributed by atoms with Gasteiger partial charge in [0, 0.05) is 6.92 Å². The van der Waals surface area contributed by atoms with Crippen molar-refractivity contribution in [3.8, 4) is 0 Å². The van der Waals surface area contributed by atoms with Gasteiger partial charge in [0.05, 0.1) is 39.1 Å². The minimum absolute atomic E-state index is 0.285. The molecular formula is C12H24O5. The molecular weight excluding hydrogens is 224 g/mol. The molecule has 0 radical (unpaired) electrons. The molecule has 5 heteroatoms. The van der Waals surface area contributed by atoms with E-state index < -0.39 is 0 Å². The topological polar surface area (TPSA) is 54.0 Å². The molecule has 0 fully saturated rings. The van der Waals surface area contributed by atoms with Crippen molar-refractivity contribution >= 4 is 5.97 Å². The summed E-state index contributed by atoms with van der Waals surface area (Å²) >= 11 is 0. The zero-order valence-electron chi connectivity index (χ0n) is 11.1. The highest BCUT2D eigenvalue weighted by Crippen LogP contribution is 1.94. The molecule has 1 unspecified atom stereocenters. The Balaban J connectivity index is 3.01. The van der Waals surface area contributed by atoms with Gasteiger partial charge in [-0.2, -0.15) is 0 Å². The highest BCUT2D eigenvalue weighted by atomic mass is 16.6. The average molecular weight is 248 g/mol. The first-order chi connectivity index (χ1) is 8.16. The number of rotatable bonds is 11. The third kappa shape index (κ3) is 13.3. The number of ether oxygens (including phenoxy) is 4. The lowest BCUT2D eigenvalue weighted by molar-refractivity contribution is -0.142. The molecule has 0 aliphatic rings. The molecule has 0 aromatic heterocycles. The van der Waals surface area contributed by atoms with Gasteiger partial charge < -0.3 is 18.9 Å². The molecule has 0 aliphatic heterocycles. The smallest absolute Gasteiger partial charge is 0.302 e. The van der Waals surface area contributed by atoms with Gasteiger partial charge in [0.25, 0.3) is 0 Å². The molecule has 102 valence electrons. The Morgan fingerprint density at radius 2 is 1.53 bits per heavy atom. The summed E-state index contributed by atoms with van der Waals surface area (Å²) in [6.45, 7) is 8.44. The number of esters is 1. The molecule has 0 bridgehead atoms. The first-order valence-electron chi connectivity index (χ1n) is 6.07. The van der Waals surface area contributed by atoms with Gasteiger partial charge in [0.15, 0.2) is 0 Å². The van der Waals surface area contributed by atoms with E-state index in [-0.39, 0.29) is 5.97 Å². The Morgan fingerprint density at radius 3 is 2.06 bits per heavy atom. The van der Waals surface area contributed by atoms with Crippen molar-refractivity contribution in [1.82, 2.24) is 0 Å². The van der Waals surface area contributed by atoms with Crippen molar-refractivity contribution in [2.75, 3.05) is 39.6 Å². The van der Waals surface area contributed by atoms with Crippen LogP contribution in [0.2, 0.25) is 0 Å². The van der Waals surface area contributed by atoms with Gasteiger partial charge in [-0.1, -0.05) is 6.92 Å². The first kappa shape index (κ1) is 16.4. The van der Waals surface area contributed by atoms with Crippen molar-refractivity contribution in [1.29, 1.82) is 0 Å². The van der Waals surface area contributed by atoms with Crippen molar-refractivity contribution < 1.29 is 23.7 Å². The number of carbonyl (C=O) groups excluding carboxylic acids is 1. The monoisotopic (exact) mass is 248 g/mol. The Hall–Kier alpha value is -0.650. The lowest BCUT2D eigenvalue weighted by Crippen LogP contribution is -2.15. The predicted octanol–water partition coefficient (Wildman–Crippen LogP) is 1.40. The van der Waals surface area contributed by atoms with Crippen LogP contribution in [0.3, 0.4) is 0 Å². The van der Waals surface area contributed by atoms with Crippen LogP contribution in [-0.2, 0) is 23.7 Å². The van der Waals surface area contributed by atoms with Crippen LogP contribution in [0.15, 0.2) is 0 Å². The molecule has 1 atom stereocenters. The van der Waals surface area contributed by atoms with Crippen molar-refractivity contribution in [2.45, 2.75) is 33.3 Å². The van der Waals surface area contributed by atoms with E-state index >= 15 is 0 Å². The molecule has 0 N–H and O–H groups in total. The van der Waals surface area contributed by atoms with E-state index in [1.165, 1.54) is 6.92 Å². The summed E-state index contributed by atoms with van der Waals surface area (Å²) in [6, 6.07) is 0. The van der Waals surface area contributed by atoms with Crippen LogP contribution in [0.5, 0.6) is 0 Å². The summed E-state index contributed by atoms with van der Waals surface area (Å²) in [5, 5.41) is 0. The second kappa shape index (κ2) is 11.8. The predicted molar refractivity (Wildman–Crippen MR) is 64.0 cm³/mol. The Kier molecular flexibility index (Phi) is 11.4. The maximum atomic E-state index is 10.4. The SMILES string of the molecule is CCC(C)OCCOCCOCCOC(C)=O. The van der Waals surface area contributed by atoms with E-state index in [1.807, 2.05) is 6.92 Å². The highest BCUT2D eigenvalue weighted by molar-refractivity contribution is 5.65. The van der Waals surface area contributed by atoms with Crippen molar-refractivity contribution in [3.63, 3.8) is 0 Å². The molecule has 0 aromatic rings. The van der Waals surface area contributed by atoms with Crippen LogP contribution in [0.4, 0.5) is 0 Å². The number of hydrogen-bond donors (Lipinski definition) is 0. The van der Waals surface area contributed by atoms with Gasteiger partial charge >= 0.3 is 5.97 Å². The maximum absolute atomic E-state index is 10.4. The quantitative estimate of drug-likeness (QED) is 0.408. The Labute approximate surface area is 103 Å². The second-order valence-corrected chi connectivity index (χ2v) is 3.65. The number of carbonyl (C=O) groups is 1. The van der Waals surface area contributed by atoms with Gasteiger partial charge in [0.1, 0.15) is 6.61 Å². The molecule has 0 aromatic carbocycles. The zero-order chi connectivity index (χ0) is 12.9. The van der Waals surface area contributed by atoms with E-state index in [4.69, 9.17) is 18.9 Å². The first-order valence-corrected chi connectivity index (χ1v) is 6.07. The minimum Gasteiger partial charge on any atom is -0.463 e. The lowest BCUT2D eigenvalue weighted by Gasteiger charge is -2.10. The standard InChI is InChI=1S/C12H24O5/c1-4-11(2)16-9-7-14-5-6-15-8-10-17-12(3)13/h11H,4-10H2,1-3H3. The molecule has 0 saturated heterocycles. The van der Waals surface area contributed by atoms with Gasteiger partial charge in [-0.05, 0) is 13.3 Å². The van der Waals surface area contributed by atoms with Crippen LogP contribution in [0, 0.1) is 0 Å². The third-order valence-electron chi connectivity index (χ3n) is 2.11. The molecule has 5 nitrogen and oxygen atoms in total. The van der Waals surface area contributed by atoms with Crippen LogP contribution in [-0.4, -0.2) is 51.7 Å². The Bertz CT molecular complexity index is 184. The van der Waals surface area contributed by atoms with Gasteiger partial charge in [0.2, 0.25) is 0 Å². The molecule has 0 heterocycles. The normalized spacial score (nSPS) is 12.4. The fourth-order valence-corrected chi connectivity index (χ4v) is 0.992. The maximum Gasteiger partial charge on any atom is 0.302 e. The summed E-state index contributed by atoms with van der Waals surface area (Å²) in [5.41, 5.74) is 0. The van der Waals surface area contributed by atoms with Crippen molar-refractivity contribution in [2.24, 2.45) is 0 Å². The van der Waals surface area contributed by atoms with Gasteiger partial charge in [-0.15, -0.1) is 0 Å². The van der Waals surface area contributed by atoms with Gasteiger partial charge in [-0.3, -0.25) is 4.79 Å². The van der Waals surface area contributed by atoms with E-state index in [1.54, 1.807) is 0 Å². The average Bonchev–Trinajstić information content (AvgIpc) is 2.30. The molecule has 17 heavy (non-hydrogen) atoms. The summed E-state index contributed by atoms with van der Waals surface area (Å²) in [5.74, 6) is -0.285. The summed E-state index contributed by atoms with van der Waals surface area (Å²) < 4.78 is 20.6. The molecule has 0 amide bonds. The largest absolute Gasteiger partial charge is 0.463 e. The van der Waals surface area contributed by atoms with E-state index in [2.05, 4.69) is 6.92 Å². The third-order valence-corrected chi connectivity index (χ3v) is 2.11. The van der Waals surface area contributed by atoms with Crippen LogP contribution in [0.25, 0.3) is 0 Å². The lowest BCUT2D eigenvalue weighted by atomic mass is 10.3. The summed E-state index contributed by atoms with van der Waals surface area (Å²) in [6.07, 6.45) is 1.30. The fourth-order valence-electron chi connectivity index (χ4n) is 0.992. The van der Waals surface area contributed by atoms with Gasteiger partial charge in [-0.25, -0.2) is 0 Å². The Morgan fingerprint density at radius 1 is 1.00 bits per heavy atom. The summed E-state index contributed by atoms with van der Waals surface area (Å²) in [7, 11) is 0. The van der Waals surface area contributed by atoms with E-state index in [9.17, 15) is 4.79 Å². The van der Waals surface area contributed by atoms with E-state index in [0.717, 1.165) is 6.42 Å². The highest BCUT2D eigenvalue weighted by Gasteiger charge is 1.97. The fraction of sp³-hybridized carbons (Fsp3) is 0.917. The van der Waals surface area contributed by atoms with Crippen molar-refractivity contribution in [3.05, 3.63) is 0 Å². The molecule has 0 rings (SSSR count). The molecule has 0 saturated carbocycles.